The number of halogens is 2. The van der Waals surface area contributed by atoms with Gasteiger partial charge in [-0.2, -0.15) is 0 Å². The number of rotatable bonds is 4. The molecular weight excluding hydrogens is 262 g/mol. The number of carbonyl (C=O) groups excluding carboxylic acids is 1. The van der Waals surface area contributed by atoms with Crippen LogP contribution >= 0.6 is 0 Å². The molecule has 0 aliphatic rings. The molecular formula is C15H14F2N2O. The molecule has 0 aliphatic heterocycles. The highest BCUT2D eigenvalue weighted by atomic mass is 19.1. The van der Waals surface area contributed by atoms with Crippen LogP contribution in [0, 0.1) is 11.6 Å². The number of benzene rings is 2. The van der Waals surface area contributed by atoms with Crippen molar-refractivity contribution in [3.63, 3.8) is 0 Å². The molecule has 0 radical (unpaired) electrons. The lowest BCUT2D eigenvalue weighted by Crippen LogP contribution is -2.25. The maximum absolute atomic E-state index is 13.4. The van der Waals surface area contributed by atoms with E-state index < -0.39 is 11.6 Å². The van der Waals surface area contributed by atoms with E-state index in [1.165, 1.54) is 12.1 Å². The molecule has 20 heavy (non-hydrogen) atoms. The van der Waals surface area contributed by atoms with Gasteiger partial charge in [-0.3, -0.25) is 4.79 Å². The fourth-order valence-corrected chi connectivity index (χ4v) is 1.77. The van der Waals surface area contributed by atoms with E-state index in [-0.39, 0.29) is 12.5 Å². The van der Waals surface area contributed by atoms with E-state index >= 15 is 0 Å². The van der Waals surface area contributed by atoms with Crippen molar-refractivity contribution in [3.05, 3.63) is 65.2 Å². The molecule has 0 aliphatic carbocycles. The van der Waals surface area contributed by atoms with E-state index in [0.717, 1.165) is 6.07 Å². The number of nitrogen functional groups attached to an aromatic ring is 1. The van der Waals surface area contributed by atoms with Crippen LogP contribution < -0.4 is 11.1 Å². The molecule has 2 aromatic rings. The maximum atomic E-state index is 13.4. The van der Waals surface area contributed by atoms with Crippen LogP contribution in [0.5, 0.6) is 0 Å². The Morgan fingerprint density at radius 2 is 1.80 bits per heavy atom. The van der Waals surface area contributed by atoms with E-state index in [1.54, 1.807) is 24.3 Å². The third-order valence-corrected chi connectivity index (χ3v) is 2.87. The molecule has 0 aromatic heterocycles. The molecule has 0 atom stereocenters. The Kier molecular flexibility index (Phi) is 4.30. The number of nitrogens with one attached hydrogen (secondary N) is 1. The van der Waals surface area contributed by atoms with Gasteiger partial charge in [0.15, 0.2) is 0 Å². The van der Waals surface area contributed by atoms with Gasteiger partial charge in [-0.25, -0.2) is 8.78 Å². The van der Waals surface area contributed by atoms with E-state index in [2.05, 4.69) is 5.32 Å². The molecule has 0 heterocycles. The Hall–Kier alpha value is -2.43. The zero-order valence-electron chi connectivity index (χ0n) is 10.7. The minimum atomic E-state index is -0.614. The first-order chi connectivity index (χ1) is 9.56. The molecule has 0 bridgehead atoms. The minimum Gasteiger partial charge on any atom is -0.399 e. The Morgan fingerprint density at radius 1 is 1.10 bits per heavy atom. The third kappa shape index (κ3) is 3.54. The van der Waals surface area contributed by atoms with Crippen LogP contribution in [0.3, 0.4) is 0 Å². The van der Waals surface area contributed by atoms with Crippen molar-refractivity contribution in [1.29, 1.82) is 0 Å². The molecule has 1 amide bonds. The SMILES string of the molecule is Nc1ccc(C(=O)NCCc2ccc(F)cc2F)cc1. The van der Waals surface area contributed by atoms with Crippen molar-refractivity contribution < 1.29 is 13.6 Å². The first-order valence-corrected chi connectivity index (χ1v) is 6.14. The second kappa shape index (κ2) is 6.14. The van der Waals surface area contributed by atoms with Crippen molar-refractivity contribution in [2.24, 2.45) is 0 Å². The summed E-state index contributed by atoms with van der Waals surface area (Å²) in [7, 11) is 0. The van der Waals surface area contributed by atoms with Gasteiger partial charge in [0.1, 0.15) is 11.6 Å². The van der Waals surface area contributed by atoms with Gasteiger partial charge in [-0.05, 0) is 42.3 Å². The maximum Gasteiger partial charge on any atom is 0.251 e. The van der Waals surface area contributed by atoms with Crippen LogP contribution in [0.15, 0.2) is 42.5 Å². The highest BCUT2D eigenvalue weighted by Crippen LogP contribution is 2.10. The van der Waals surface area contributed by atoms with Crippen LogP contribution in [0.1, 0.15) is 15.9 Å². The number of amides is 1. The van der Waals surface area contributed by atoms with Crippen LogP contribution in [0.2, 0.25) is 0 Å². The molecule has 3 N–H and O–H groups in total. The lowest BCUT2D eigenvalue weighted by atomic mass is 10.1. The summed E-state index contributed by atoms with van der Waals surface area (Å²) in [4.78, 5) is 11.8. The number of carbonyl (C=O) groups is 1. The van der Waals surface area contributed by atoms with Gasteiger partial charge in [-0.1, -0.05) is 6.07 Å². The van der Waals surface area contributed by atoms with E-state index in [4.69, 9.17) is 5.73 Å². The molecule has 0 fully saturated rings. The Morgan fingerprint density at radius 3 is 2.45 bits per heavy atom. The van der Waals surface area contributed by atoms with Crippen molar-refractivity contribution in [2.75, 3.05) is 12.3 Å². The summed E-state index contributed by atoms with van der Waals surface area (Å²) in [6.07, 6.45) is 0.298. The van der Waals surface area contributed by atoms with Gasteiger partial charge in [0.2, 0.25) is 0 Å². The standard InChI is InChI=1S/C15H14F2N2O/c16-12-4-1-10(14(17)9-12)7-8-19-15(20)11-2-5-13(18)6-3-11/h1-6,9H,7-8,18H2,(H,19,20). The average molecular weight is 276 g/mol. The summed E-state index contributed by atoms with van der Waals surface area (Å²) in [5, 5.41) is 2.67. The smallest absolute Gasteiger partial charge is 0.251 e. The minimum absolute atomic E-state index is 0.257. The molecule has 3 nitrogen and oxygen atoms in total. The highest BCUT2D eigenvalue weighted by Gasteiger charge is 2.06. The number of nitrogens with two attached hydrogens (primary N) is 1. The molecule has 0 spiro atoms. The highest BCUT2D eigenvalue weighted by molar-refractivity contribution is 5.94. The van der Waals surface area contributed by atoms with Gasteiger partial charge >= 0.3 is 0 Å². The van der Waals surface area contributed by atoms with Crippen molar-refractivity contribution in [3.8, 4) is 0 Å². The lowest BCUT2D eigenvalue weighted by Gasteiger charge is -2.06. The molecule has 0 saturated carbocycles. The van der Waals surface area contributed by atoms with Gasteiger partial charge in [0, 0.05) is 23.9 Å². The van der Waals surface area contributed by atoms with E-state index in [1.807, 2.05) is 0 Å². The first kappa shape index (κ1) is 14.0. The number of hydrogen-bond donors (Lipinski definition) is 2. The summed E-state index contributed by atoms with van der Waals surface area (Å²) >= 11 is 0. The van der Waals surface area contributed by atoms with Crippen LogP contribution in [0.4, 0.5) is 14.5 Å². The molecule has 104 valence electrons. The number of anilines is 1. The van der Waals surface area contributed by atoms with Crippen molar-refractivity contribution in [2.45, 2.75) is 6.42 Å². The van der Waals surface area contributed by atoms with Crippen molar-refractivity contribution in [1.82, 2.24) is 5.32 Å². The molecule has 2 rings (SSSR count). The predicted molar refractivity (Wildman–Crippen MR) is 73.2 cm³/mol. The summed E-state index contributed by atoms with van der Waals surface area (Å²) < 4.78 is 26.1. The summed E-state index contributed by atoms with van der Waals surface area (Å²) in [5.74, 6) is -1.48. The first-order valence-electron chi connectivity index (χ1n) is 6.14. The summed E-state index contributed by atoms with van der Waals surface area (Å²) in [6.45, 7) is 0.270. The Balaban J connectivity index is 1.89. The second-order valence-electron chi connectivity index (χ2n) is 4.36. The van der Waals surface area contributed by atoms with Gasteiger partial charge in [0.05, 0.1) is 0 Å². The summed E-state index contributed by atoms with van der Waals surface area (Å²) in [6, 6.07) is 9.90. The molecule has 0 unspecified atom stereocenters. The van der Waals surface area contributed by atoms with Crippen molar-refractivity contribution >= 4 is 11.6 Å². The molecule has 0 saturated heterocycles. The summed E-state index contributed by atoms with van der Waals surface area (Å²) in [5.41, 5.74) is 6.96. The number of hydrogen-bond acceptors (Lipinski definition) is 2. The zero-order chi connectivity index (χ0) is 14.5. The monoisotopic (exact) mass is 276 g/mol. The fourth-order valence-electron chi connectivity index (χ4n) is 1.77. The zero-order valence-corrected chi connectivity index (χ0v) is 10.7. The largest absolute Gasteiger partial charge is 0.399 e. The molecule has 2 aromatic carbocycles. The predicted octanol–water partition coefficient (Wildman–Crippen LogP) is 2.52. The average Bonchev–Trinajstić information content (AvgIpc) is 2.42. The quantitative estimate of drug-likeness (QED) is 0.843. The van der Waals surface area contributed by atoms with Crippen LogP contribution in [0.25, 0.3) is 0 Å². The fraction of sp³-hybridized carbons (Fsp3) is 0.133. The van der Waals surface area contributed by atoms with Gasteiger partial charge in [0.25, 0.3) is 5.91 Å². The normalized spacial score (nSPS) is 10.3. The van der Waals surface area contributed by atoms with Crippen LogP contribution in [-0.4, -0.2) is 12.5 Å². The van der Waals surface area contributed by atoms with Crippen LogP contribution in [-0.2, 0) is 6.42 Å². The van der Waals surface area contributed by atoms with E-state index in [9.17, 15) is 13.6 Å². The lowest BCUT2D eigenvalue weighted by molar-refractivity contribution is 0.0954. The van der Waals surface area contributed by atoms with Gasteiger partial charge in [-0.15, -0.1) is 0 Å². The Labute approximate surface area is 115 Å². The Bertz CT molecular complexity index is 612. The second-order valence-corrected chi connectivity index (χ2v) is 4.36. The third-order valence-electron chi connectivity index (χ3n) is 2.87. The van der Waals surface area contributed by atoms with Gasteiger partial charge < -0.3 is 11.1 Å². The topological polar surface area (TPSA) is 55.1 Å². The molecule has 5 heteroatoms. The van der Waals surface area contributed by atoms with E-state index in [0.29, 0.717) is 23.2 Å².